The van der Waals surface area contributed by atoms with Crippen LogP contribution in [0.1, 0.15) is 12.5 Å². The van der Waals surface area contributed by atoms with E-state index in [-0.39, 0.29) is 17.3 Å². The molecule has 0 saturated carbocycles. The Kier molecular flexibility index (Phi) is 4.57. The second-order valence-corrected chi connectivity index (χ2v) is 6.51. The van der Waals surface area contributed by atoms with Crippen LogP contribution in [0, 0.1) is 5.82 Å². The van der Waals surface area contributed by atoms with Crippen LogP contribution in [0.25, 0.3) is 28.2 Å². The van der Waals surface area contributed by atoms with Crippen molar-refractivity contribution in [1.82, 2.24) is 9.78 Å². The average molecular weight is 374 g/mol. The molecule has 140 valence electrons. The summed E-state index contributed by atoms with van der Waals surface area (Å²) in [6.45, 7) is 2.06. The molecule has 0 aliphatic rings. The number of phenolic OH excluding ortho intramolecular Hbond substituents is 2. The van der Waals surface area contributed by atoms with Gasteiger partial charge >= 0.3 is 0 Å². The highest BCUT2D eigenvalue weighted by Crippen LogP contribution is 2.35. The smallest absolute Gasteiger partial charge is 0.123 e. The summed E-state index contributed by atoms with van der Waals surface area (Å²) in [6, 6.07) is 20.1. The van der Waals surface area contributed by atoms with Gasteiger partial charge in [0.15, 0.2) is 0 Å². The number of nitrogens with zero attached hydrogens (tertiary/aromatic N) is 2. The van der Waals surface area contributed by atoms with Crippen molar-refractivity contribution in [3.8, 4) is 39.7 Å². The number of aromatic hydroxyl groups is 2. The lowest BCUT2D eigenvalue weighted by molar-refractivity contribution is 0.475. The van der Waals surface area contributed by atoms with E-state index in [1.165, 1.54) is 12.1 Å². The van der Waals surface area contributed by atoms with Gasteiger partial charge in [-0.25, -0.2) is 9.07 Å². The van der Waals surface area contributed by atoms with Gasteiger partial charge in [-0.1, -0.05) is 6.92 Å². The molecule has 5 heteroatoms. The van der Waals surface area contributed by atoms with Crippen molar-refractivity contribution in [2.45, 2.75) is 13.3 Å². The van der Waals surface area contributed by atoms with Gasteiger partial charge < -0.3 is 10.2 Å². The summed E-state index contributed by atoms with van der Waals surface area (Å²) in [5.41, 5.74) is 5.24. The lowest BCUT2D eigenvalue weighted by Crippen LogP contribution is -2.00. The normalized spacial score (nSPS) is 10.9. The first-order valence-corrected chi connectivity index (χ1v) is 9.03. The molecule has 0 saturated heterocycles. The third kappa shape index (κ3) is 3.22. The summed E-state index contributed by atoms with van der Waals surface area (Å²) in [6.07, 6.45) is 0.730. The maximum absolute atomic E-state index is 13.4. The Labute approximate surface area is 162 Å². The molecular formula is C23H19FN2O2. The van der Waals surface area contributed by atoms with Crippen molar-refractivity contribution in [2.75, 3.05) is 0 Å². The largest absolute Gasteiger partial charge is 0.508 e. The van der Waals surface area contributed by atoms with E-state index < -0.39 is 0 Å². The number of rotatable bonds is 4. The highest BCUT2D eigenvalue weighted by atomic mass is 19.1. The minimum atomic E-state index is -0.309. The Morgan fingerprint density at radius 2 is 1.32 bits per heavy atom. The molecular weight excluding hydrogens is 355 g/mol. The Balaban J connectivity index is 1.99. The molecule has 0 radical (unpaired) electrons. The monoisotopic (exact) mass is 374 g/mol. The molecule has 4 aromatic rings. The summed E-state index contributed by atoms with van der Waals surface area (Å²) in [7, 11) is 0. The lowest BCUT2D eigenvalue weighted by Gasteiger charge is -2.10. The summed E-state index contributed by atoms with van der Waals surface area (Å²) in [5.74, 6) is 0.0727. The molecule has 1 aromatic heterocycles. The van der Waals surface area contributed by atoms with Gasteiger partial charge in [-0.15, -0.1) is 0 Å². The summed E-state index contributed by atoms with van der Waals surface area (Å²) in [5, 5.41) is 24.1. The highest BCUT2D eigenvalue weighted by molar-refractivity contribution is 5.76. The molecule has 3 aromatic carbocycles. The van der Waals surface area contributed by atoms with E-state index in [1.54, 1.807) is 41.1 Å². The van der Waals surface area contributed by atoms with Gasteiger partial charge in [0.2, 0.25) is 0 Å². The van der Waals surface area contributed by atoms with Gasteiger partial charge in [0.25, 0.3) is 0 Å². The molecule has 4 nitrogen and oxygen atoms in total. The quantitative estimate of drug-likeness (QED) is 0.508. The first kappa shape index (κ1) is 17.8. The number of phenols is 2. The minimum absolute atomic E-state index is 0.188. The topological polar surface area (TPSA) is 58.3 Å². The zero-order valence-corrected chi connectivity index (χ0v) is 15.3. The first-order chi connectivity index (χ1) is 13.6. The van der Waals surface area contributed by atoms with E-state index in [0.29, 0.717) is 0 Å². The zero-order valence-electron chi connectivity index (χ0n) is 15.3. The number of hydrogen-bond donors (Lipinski definition) is 2. The summed E-state index contributed by atoms with van der Waals surface area (Å²) >= 11 is 0. The fourth-order valence-corrected chi connectivity index (χ4v) is 3.32. The number of benzene rings is 3. The summed E-state index contributed by atoms with van der Waals surface area (Å²) in [4.78, 5) is 0. The molecule has 0 bridgehead atoms. The van der Waals surface area contributed by atoms with Gasteiger partial charge in [0.05, 0.1) is 17.1 Å². The van der Waals surface area contributed by atoms with Crippen LogP contribution in [0.3, 0.4) is 0 Å². The number of hydrogen-bond acceptors (Lipinski definition) is 3. The fourth-order valence-electron chi connectivity index (χ4n) is 3.32. The van der Waals surface area contributed by atoms with Gasteiger partial charge in [-0.2, -0.15) is 5.10 Å². The summed E-state index contributed by atoms with van der Waals surface area (Å²) < 4.78 is 15.2. The van der Waals surface area contributed by atoms with Crippen LogP contribution < -0.4 is 0 Å². The SMILES string of the molecule is CCc1c(-c2ccc(O)cc2)nn(-c2ccc(F)cc2)c1-c1ccc(O)cc1. The van der Waals surface area contributed by atoms with E-state index >= 15 is 0 Å². The van der Waals surface area contributed by atoms with Crippen LogP contribution in [0.15, 0.2) is 72.8 Å². The van der Waals surface area contributed by atoms with Crippen LogP contribution in [-0.4, -0.2) is 20.0 Å². The van der Waals surface area contributed by atoms with Crippen LogP contribution >= 0.6 is 0 Å². The van der Waals surface area contributed by atoms with Crippen molar-refractivity contribution in [2.24, 2.45) is 0 Å². The molecule has 0 amide bonds. The first-order valence-electron chi connectivity index (χ1n) is 9.03. The molecule has 0 atom stereocenters. The van der Waals surface area contributed by atoms with Crippen molar-refractivity contribution in [3.63, 3.8) is 0 Å². The average Bonchev–Trinajstić information content (AvgIpc) is 3.09. The van der Waals surface area contributed by atoms with Crippen LogP contribution in [0.4, 0.5) is 4.39 Å². The van der Waals surface area contributed by atoms with Crippen LogP contribution in [-0.2, 0) is 6.42 Å². The van der Waals surface area contributed by atoms with Crippen LogP contribution in [0.2, 0.25) is 0 Å². The zero-order chi connectivity index (χ0) is 19.7. The molecule has 1 heterocycles. The van der Waals surface area contributed by atoms with Gasteiger partial charge in [0, 0.05) is 16.7 Å². The molecule has 0 unspecified atom stereocenters. The molecule has 4 rings (SSSR count). The molecule has 0 spiro atoms. The van der Waals surface area contributed by atoms with Gasteiger partial charge in [0.1, 0.15) is 17.3 Å². The third-order valence-electron chi connectivity index (χ3n) is 4.69. The third-order valence-corrected chi connectivity index (χ3v) is 4.69. The standard InChI is InChI=1S/C23H19FN2O2/c1-2-21-22(15-3-11-19(27)12-4-15)25-26(18-9-7-17(24)8-10-18)23(21)16-5-13-20(28)14-6-16/h3-14,27-28H,2H2,1H3. The highest BCUT2D eigenvalue weighted by Gasteiger charge is 2.20. The minimum Gasteiger partial charge on any atom is -0.508 e. The van der Waals surface area contributed by atoms with E-state index in [0.717, 1.165) is 40.2 Å². The Bertz CT molecular complexity index is 1100. The molecule has 0 fully saturated rings. The van der Waals surface area contributed by atoms with Gasteiger partial charge in [-0.05, 0) is 79.2 Å². The van der Waals surface area contributed by atoms with Crippen molar-refractivity contribution in [3.05, 3.63) is 84.2 Å². The number of halogens is 1. The molecule has 0 aliphatic carbocycles. The van der Waals surface area contributed by atoms with Crippen molar-refractivity contribution < 1.29 is 14.6 Å². The van der Waals surface area contributed by atoms with E-state index in [9.17, 15) is 14.6 Å². The maximum atomic E-state index is 13.4. The second kappa shape index (κ2) is 7.19. The Morgan fingerprint density at radius 1 is 0.786 bits per heavy atom. The van der Waals surface area contributed by atoms with E-state index in [4.69, 9.17) is 5.10 Å². The van der Waals surface area contributed by atoms with E-state index in [2.05, 4.69) is 6.92 Å². The van der Waals surface area contributed by atoms with Gasteiger partial charge in [-0.3, -0.25) is 0 Å². The van der Waals surface area contributed by atoms with Crippen molar-refractivity contribution >= 4 is 0 Å². The predicted molar refractivity (Wildman–Crippen MR) is 107 cm³/mol. The van der Waals surface area contributed by atoms with Crippen LogP contribution in [0.5, 0.6) is 11.5 Å². The predicted octanol–water partition coefficient (Wildman–Crippen LogP) is 5.32. The lowest BCUT2D eigenvalue weighted by atomic mass is 9.99. The molecule has 0 aliphatic heterocycles. The Hall–Kier alpha value is -3.60. The maximum Gasteiger partial charge on any atom is 0.123 e. The van der Waals surface area contributed by atoms with E-state index in [1.807, 2.05) is 24.3 Å². The Morgan fingerprint density at radius 3 is 1.86 bits per heavy atom. The number of aromatic nitrogens is 2. The molecule has 28 heavy (non-hydrogen) atoms. The van der Waals surface area contributed by atoms with Crippen molar-refractivity contribution in [1.29, 1.82) is 0 Å². The molecule has 2 N–H and O–H groups in total. The second-order valence-electron chi connectivity index (χ2n) is 6.51. The fraction of sp³-hybridized carbons (Fsp3) is 0.0870.